The van der Waals surface area contributed by atoms with Gasteiger partial charge in [-0.3, -0.25) is 0 Å². The molecule has 2 N–H and O–H groups in total. The number of allylic oxidation sites excluding steroid dienone is 4. The van der Waals surface area contributed by atoms with Crippen LogP contribution in [-0.2, 0) is 4.43 Å². The normalized spacial score (nSPS) is 37.8. The zero-order valence-electron chi connectivity index (χ0n) is 24.6. The van der Waals surface area contributed by atoms with Crippen molar-refractivity contribution in [3.05, 3.63) is 34.9 Å². The van der Waals surface area contributed by atoms with Gasteiger partial charge in [-0.2, -0.15) is 11.8 Å². The molecule has 0 aromatic heterocycles. The summed E-state index contributed by atoms with van der Waals surface area (Å²) in [5, 5.41) is 21.7. The Labute approximate surface area is 226 Å². The van der Waals surface area contributed by atoms with Crippen LogP contribution in [0.3, 0.4) is 0 Å². The van der Waals surface area contributed by atoms with E-state index in [1.54, 1.807) is 11.1 Å². The lowest BCUT2D eigenvalue weighted by Gasteiger charge is -2.58. The molecule has 2 fully saturated rings. The van der Waals surface area contributed by atoms with Gasteiger partial charge in [0.05, 0.1) is 17.8 Å². The van der Waals surface area contributed by atoms with Crippen LogP contribution in [0, 0.1) is 22.7 Å². The Bertz CT molecular complexity index is 952. The SMILES string of the molecule is C[C@H](SCC(C)(C)O)C1=CC[C@H]2C3=CC=C4C[C@@H](O)C[C@H](O[Si](C)(C)C(C)(C)C)[C@]4(C)[C@H]3CC[C@]12C. The van der Waals surface area contributed by atoms with Gasteiger partial charge in [0, 0.05) is 16.4 Å². The van der Waals surface area contributed by atoms with E-state index in [0.717, 1.165) is 25.0 Å². The van der Waals surface area contributed by atoms with Crippen molar-refractivity contribution in [2.45, 2.75) is 129 Å². The lowest BCUT2D eigenvalue weighted by atomic mass is 9.49. The Balaban J connectivity index is 1.63. The van der Waals surface area contributed by atoms with Gasteiger partial charge in [-0.05, 0) is 88.3 Å². The van der Waals surface area contributed by atoms with Crippen LogP contribution in [0.15, 0.2) is 34.9 Å². The first-order chi connectivity index (χ1) is 16.4. The van der Waals surface area contributed by atoms with Crippen molar-refractivity contribution in [1.29, 1.82) is 0 Å². The fourth-order valence-electron chi connectivity index (χ4n) is 7.39. The smallest absolute Gasteiger partial charge is 0.192 e. The largest absolute Gasteiger partial charge is 0.413 e. The van der Waals surface area contributed by atoms with Crippen LogP contribution < -0.4 is 0 Å². The minimum Gasteiger partial charge on any atom is -0.413 e. The van der Waals surface area contributed by atoms with Crippen molar-refractivity contribution in [3.63, 3.8) is 0 Å². The van der Waals surface area contributed by atoms with Gasteiger partial charge in [0.2, 0.25) is 0 Å². The molecule has 204 valence electrons. The molecule has 0 heterocycles. The van der Waals surface area contributed by atoms with Crippen molar-refractivity contribution in [2.75, 3.05) is 5.75 Å². The third-order valence-electron chi connectivity index (χ3n) is 10.6. The summed E-state index contributed by atoms with van der Waals surface area (Å²) < 4.78 is 7.17. The van der Waals surface area contributed by atoms with Crippen LogP contribution in [0.2, 0.25) is 18.1 Å². The van der Waals surface area contributed by atoms with Crippen LogP contribution >= 0.6 is 11.8 Å². The Morgan fingerprint density at radius 3 is 2.42 bits per heavy atom. The molecule has 0 bridgehead atoms. The van der Waals surface area contributed by atoms with E-state index in [1.807, 2.05) is 25.6 Å². The van der Waals surface area contributed by atoms with Gasteiger partial charge in [0.1, 0.15) is 0 Å². The molecule has 4 rings (SSSR count). The molecule has 0 saturated heterocycles. The summed E-state index contributed by atoms with van der Waals surface area (Å²) in [5.41, 5.74) is 4.14. The first-order valence-corrected chi connectivity index (χ1v) is 18.2. The molecule has 0 amide bonds. The molecule has 36 heavy (non-hydrogen) atoms. The van der Waals surface area contributed by atoms with Crippen molar-refractivity contribution >= 4 is 20.1 Å². The Morgan fingerprint density at radius 2 is 1.81 bits per heavy atom. The topological polar surface area (TPSA) is 49.7 Å². The van der Waals surface area contributed by atoms with E-state index in [-0.39, 0.29) is 28.1 Å². The zero-order valence-corrected chi connectivity index (χ0v) is 26.4. The lowest BCUT2D eigenvalue weighted by molar-refractivity contribution is -0.0417. The lowest BCUT2D eigenvalue weighted by Crippen LogP contribution is -2.57. The predicted molar refractivity (Wildman–Crippen MR) is 157 cm³/mol. The molecule has 7 atom stereocenters. The summed E-state index contributed by atoms with van der Waals surface area (Å²) in [6, 6.07) is 0. The second-order valence-corrected chi connectivity index (χ2v) is 20.9. The number of rotatable bonds is 6. The number of fused-ring (bicyclic) bond motifs is 5. The van der Waals surface area contributed by atoms with E-state index in [2.05, 4.69) is 72.9 Å². The van der Waals surface area contributed by atoms with Crippen molar-refractivity contribution < 1.29 is 14.6 Å². The fourth-order valence-corrected chi connectivity index (χ4v) is 10.0. The van der Waals surface area contributed by atoms with Gasteiger partial charge >= 0.3 is 0 Å². The Hall–Kier alpha value is -0.333. The van der Waals surface area contributed by atoms with E-state index in [1.165, 1.54) is 18.4 Å². The fraction of sp³-hybridized carbons (Fsp3) is 0.806. The molecule has 0 spiro atoms. The number of aliphatic hydroxyl groups excluding tert-OH is 1. The molecule has 0 radical (unpaired) electrons. The molecule has 5 heteroatoms. The second kappa shape index (κ2) is 9.40. The molecule has 0 aromatic rings. The first-order valence-electron chi connectivity index (χ1n) is 14.2. The highest BCUT2D eigenvalue weighted by atomic mass is 32.2. The van der Waals surface area contributed by atoms with Crippen LogP contribution in [0.4, 0.5) is 0 Å². The minimum absolute atomic E-state index is 0.0375. The standard InChI is InChI=1S/C31H52O3SSi/c1-20(35-19-29(5,6)33)24-13-14-25-23-12-11-21-17-22(32)18-27(34-36(9,10)28(2,3)4)31(21,8)26(23)15-16-30(24,25)7/h11-13,20,22,25-27,32-33H,14-19H2,1-10H3/t20-,22+,25-,26-,27-,30+,31-/m0/s1. The maximum absolute atomic E-state index is 10.9. The van der Waals surface area contributed by atoms with Crippen LogP contribution in [-0.4, -0.2) is 47.3 Å². The monoisotopic (exact) mass is 532 g/mol. The van der Waals surface area contributed by atoms with Gasteiger partial charge in [0.25, 0.3) is 0 Å². The summed E-state index contributed by atoms with van der Waals surface area (Å²) >= 11 is 1.90. The highest BCUT2D eigenvalue weighted by Crippen LogP contribution is 2.65. The highest BCUT2D eigenvalue weighted by molar-refractivity contribution is 8.00. The number of thioether (sulfide) groups is 1. The summed E-state index contributed by atoms with van der Waals surface area (Å²) in [4.78, 5) is 0. The summed E-state index contributed by atoms with van der Waals surface area (Å²) in [7, 11) is -1.98. The number of aliphatic hydroxyl groups is 2. The summed E-state index contributed by atoms with van der Waals surface area (Å²) in [6.45, 7) is 22.8. The van der Waals surface area contributed by atoms with Gasteiger partial charge < -0.3 is 14.6 Å². The first kappa shape index (κ1) is 28.7. The van der Waals surface area contributed by atoms with E-state index in [0.29, 0.717) is 17.1 Å². The molecule has 4 aliphatic rings. The van der Waals surface area contributed by atoms with Gasteiger partial charge in [0.15, 0.2) is 8.32 Å². The minimum atomic E-state index is -1.98. The number of hydrogen-bond donors (Lipinski definition) is 2. The molecule has 3 nitrogen and oxygen atoms in total. The zero-order chi connectivity index (χ0) is 26.9. The second-order valence-electron chi connectivity index (χ2n) is 14.8. The molecule has 0 aliphatic heterocycles. The van der Waals surface area contributed by atoms with Crippen molar-refractivity contribution in [2.24, 2.45) is 22.7 Å². The Morgan fingerprint density at radius 1 is 1.14 bits per heavy atom. The third-order valence-corrected chi connectivity index (χ3v) is 16.7. The average Bonchev–Trinajstić information content (AvgIpc) is 3.09. The van der Waals surface area contributed by atoms with E-state index < -0.39 is 13.9 Å². The Kier molecular flexibility index (Phi) is 7.48. The van der Waals surface area contributed by atoms with Crippen molar-refractivity contribution in [1.82, 2.24) is 0 Å². The van der Waals surface area contributed by atoms with E-state index in [9.17, 15) is 10.2 Å². The molecule has 4 aliphatic carbocycles. The van der Waals surface area contributed by atoms with Gasteiger partial charge in [-0.25, -0.2) is 0 Å². The maximum atomic E-state index is 10.9. The van der Waals surface area contributed by atoms with Crippen LogP contribution in [0.5, 0.6) is 0 Å². The highest BCUT2D eigenvalue weighted by Gasteiger charge is 2.58. The molecule has 2 saturated carbocycles. The van der Waals surface area contributed by atoms with Gasteiger partial charge in [-0.15, -0.1) is 0 Å². The molecular weight excluding hydrogens is 480 g/mol. The average molecular weight is 533 g/mol. The third kappa shape index (κ3) is 4.90. The quantitative estimate of drug-likeness (QED) is 0.272. The molecule has 0 aromatic carbocycles. The maximum Gasteiger partial charge on any atom is 0.192 e. The number of hydrogen-bond acceptors (Lipinski definition) is 4. The van der Waals surface area contributed by atoms with E-state index in [4.69, 9.17) is 4.43 Å². The van der Waals surface area contributed by atoms with Crippen molar-refractivity contribution in [3.8, 4) is 0 Å². The van der Waals surface area contributed by atoms with Crippen LogP contribution in [0.25, 0.3) is 0 Å². The van der Waals surface area contributed by atoms with Gasteiger partial charge in [-0.1, -0.05) is 69.6 Å². The molecular formula is C31H52O3SSi. The summed E-state index contributed by atoms with van der Waals surface area (Å²) in [6.07, 6.45) is 12.1. The van der Waals surface area contributed by atoms with E-state index >= 15 is 0 Å². The summed E-state index contributed by atoms with van der Waals surface area (Å²) in [5.74, 6) is 1.80. The van der Waals surface area contributed by atoms with Crippen LogP contribution in [0.1, 0.15) is 87.5 Å². The predicted octanol–water partition coefficient (Wildman–Crippen LogP) is 7.66. The molecule has 0 unspecified atom stereocenters.